The average Bonchev–Trinajstić information content (AvgIpc) is 2.61. The molecule has 0 aliphatic carbocycles. The number of hydrogen-bond acceptors (Lipinski definition) is 4. The largest absolute Gasteiger partial charge is 0.491 e. The first-order valence-electron chi connectivity index (χ1n) is 8.75. The van der Waals surface area contributed by atoms with Gasteiger partial charge in [-0.25, -0.2) is 0 Å². The summed E-state index contributed by atoms with van der Waals surface area (Å²) in [5.74, 6) is 1.72. The number of hydrogen-bond donors (Lipinski definition) is 0. The summed E-state index contributed by atoms with van der Waals surface area (Å²) in [6.07, 6.45) is 3.78. The second-order valence-electron chi connectivity index (χ2n) is 6.83. The zero-order valence-corrected chi connectivity index (χ0v) is 15.6. The van der Waals surface area contributed by atoms with Crippen LogP contribution in [-0.4, -0.2) is 41.7 Å². The Morgan fingerprint density at radius 1 is 1.08 bits per heavy atom. The maximum atomic E-state index is 6.21. The van der Waals surface area contributed by atoms with Gasteiger partial charge in [0.2, 0.25) is 0 Å². The van der Waals surface area contributed by atoms with Crippen molar-refractivity contribution in [3.8, 4) is 11.5 Å². The number of likely N-dealkylation sites (tertiary alicyclic amines) is 1. The van der Waals surface area contributed by atoms with Crippen molar-refractivity contribution in [2.75, 3.05) is 26.2 Å². The molecule has 0 N–H and O–H groups in total. The third kappa shape index (κ3) is 5.35. The molecule has 1 aliphatic rings. The van der Waals surface area contributed by atoms with Crippen molar-refractivity contribution in [2.45, 2.75) is 32.3 Å². The van der Waals surface area contributed by atoms with Gasteiger partial charge in [0.05, 0.1) is 6.20 Å². The van der Waals surface area contributed by atoms with Gasteiger partial charge in [0.15, 0.2) is 0 Å². The van der Waals surface area contributed by atoms with Crippen molar-refractivity contribution >= 4 is 11.6 Å². The monoisotopic (exact) mass is 360 g/mol. The third-order valence-electron chi connectivity index (χ3n) is 4.65. The Labute approximate surface area is 154 Å². The molecule has 0 atom stereocenters. The summed E-state index contributed by atoms with van der Waals surface area (Å²) < 4.78 is 12.0. The molecule has 3 rings (SSSR count). The van der Waals surface area contributed by atoms with Gasteiger partial charge in [0, 0.05) is 30.4 Å². The van der Waals surface area contributed by atoms with Crippen molar-refractivity contribution in [3.05, 3.63) is 53.3 Å². The minimum absolute atomic E-state index is 0.119. The van der Waals surface area contributed by atoms with E-state index in [1.54, 1.807) is 6.20 Å². The molecule has 2 heterocycles. The molecule has 134 valence electrons. The van der Waals surface area contributed by atoms with Gasteiger partial charge in [0.25, 0.3) is 0 Å². The molecule has 0 saturated carbocycles. The van der Waals surface area contributed by atoms with E-state index in [0.717, 1.165) is 54.7 Å². The van der Waals surface area contributed by atoms with Gasteiger partial charge >= 0.3 is 0 Å². The molecule has 2 aromatic rings. The molecule has 5 heteroatoms. The van der Waals surface area contributed by atoms with Crippen LogP contribution < -0.4 is 9.47 Å². The van der Waals surface area contributed by atoms with E-state index in [0.29, 0.717) is 6.61 Å². The maximum Gasteiger partial charge on any atom is 0.137 e. The van der Waals surface area contributed by atoms with Crippen LogP contribution in [-0.2, 0) is 0 Å². The second kappa shape index (κ2) is 8.07. The van der Waals surface area contributed by atoms with Gasteiger partial charge in [-0.15, -0.1) is 0 Å². The molecule has 1 aromatic heterocycles. The Morgan fingerprint density at radius 3 is 2.40 bits per heavy atom. The van der Waals surface area contributed by atoms with Crippen LogP contribution in [0.5, 0.6) is 11.5 Å². The van der Waals surface area contributed by atoms with Crippen LogP contribution in [0.1, 0.15) is 25.5 Å². The maximum absolute atomic E-state index is 6.21. The van der Waals surface area contributed by atoms with Gasteiger partial charge < -0.3 is 9.47 Å². The first-order valence-corrected chi connectivity index (χ1v) is 9.13. The molecule has 1 saturated heterocycles. The number of rotatable bonds is 6. The molecule has 1 aromatic carbocycles. The van der Waals surface area contributed by atoms with Crippen LogP contribution in [0.2, 0.25) is 5.02 Å². The zero-order chi connectivity index (χ0) is 17.7. The minimum atomic E-state index is -0.119. The van der Waals surface area contributed by atoms with Gasteiger partial charge in [-0.3, -0.25) is 9.88 Å². The first-order chi connectivity index (χ1) is 12.0. The fourth-order valence-electron chi connectivity index (χ4n) is 2.97. The zero-order valence-electron chi connectivity index (χ0n) is 14.9. The van der Waals surface area contributed by atoms with E-state index in [-0.39, 0.29) is 5.60 Å². The first kappa shape index (κ1) is 18.0. The molecular formula is C20H25ClN2O2. The highest BCUT2D eigenvalue weighted by atomic mass is 35.5. The topological polar surface area (TPSA) is 34.6 Å². The minimum Gasteiger partial charge on any atom is -0.491 e. The Bertz CT molecular complexity index is 665. The lowest BCUT2D eigenvalue weighted by molar-refractivity contribution is 0.0135. The predicted molar refractivity (Wildman–Crippen MR) is 101 cm³/mol. The summed E-state index contributed by atoms with van der Waals surface area (Å²) in [6.45, 7) is 7.79. The Kier molecular flexibility index (Phi) is 5.82. The summed E-state index contributed by atoms with van der Waals surface area (Å²) in [6, 6.07) is 11.5. The van der Waals surface area contributed by atoms with Gasteiger partial charge in [-0.1, -0.05) is 11.6 Å². The normalized spacial score (nSPS) is 17.2. The molecule has 25 heavy (non-hydrogen) atoms. The Balaban J connectivity index is 1.41. The van der Waals surface area contributed by atoms with E-state index in [9.17, 15) is 0 Å². The molecule has 0 amide bonds. The van der Waals surface area contributed by atoms with Crippen LogP contribution in [0.4, 0.5) is 0 Å². The summed E-state index contributed by atoms with van der Waals surface area (Å²) in [4.78, 5) is 6.67. The SMILES string of the molecule is Cc1ccc(OCCN2CCC(C)(Oc3ccc(Cl)cc3)CC2)cn1. The van der Waals surface area contributed by atoms with Crippen LogP contribution in [0.15, 0.2) is 42.6 Å². The lowest BCUT2D eigenvalue weighted by atomic mass is 9.93. The number of ether oxygens (including phenoxy) is 2. The van der Waals surface area contributed by atoms with E-state index in [1.807, 2.05) is 43.3 Å². The fourth-order valence-corrected chi connectivity index (χ4v) is 3.10. The molecule has 1 aliphatic heterocycles. The number of aromatic nitrogens is 1. The van der Waals surface area contributed by atoms with Crippen molar-refractivity contribution in [3.63, 3.8) is 0 Å². The number of benzene rings is 1. The third-order valence-corrected chi connectivity index (χ3v) is 4.90. The quantitative estimate of drug-likeness (QED) is 0.766. The van der Waals surface area contributed by atoms with Crippen LogP contribution >= 0.6 is 11.6 Å². The van der Waals surface area contributed by atoms with E-state index < -0.39 is 0 Å². The molecule has 1 fully saturated rings. The highest BCUT2D eigenvalue weighted by Gasteiger charge is 2.31. The van der Waals surface area contributed by atoms with Crippen LogP contribution in [0.25, 0.3) is 0 Å². The number of halogens is 1. The molecule has 0 spiro atoms. The van der Waals surface area contributed by atoms with Crippen molar-refractivity contribution in [1.82, 2.24) is 9.88 Å². The van der Waals surface area contributed by atoms with Crippen molar-refractivity contribution in [2.24, 2.45) is 0 Å². The molecule has 0 radical (unpaired) electrons. The van der Waals surface area contributed by atoms with E-state index in [4.69, 9.17) is 21.1 Å². The average molecular weight is 361 g/mol. The Hall–Kier alpha value is -1.78. The van der Waals surface area contributed by atoms with Crippen molar-refractivity contribution < 1.29 is 9.47 Å². The van der Waals surface area contributed by atoms with Gasteiger partial charge in [-0.05, 0) is 63.1 Å². The Morgan fingerprint density at radius 2 is 1.76 bits per heavy atom. The van der Waals surface area contributed by atoms with Gasteiger partial charge in [0.1, 0.15) is 23.7 Å². The number of piperidine rings is 1. The van der Waals surface area contributed by atoms with Crippen LogP contribution in [0.3, 0.4) is 0 Å². The number of aryl methyl sites for hydroxylation is 1. The molecular weight excluding hydrogens is 336 g/mol. The predicted octanol–water partition coefficient (Wildman–Crippen LogP) is 4.36. The van der Waals surface area contributed by atoms with Crippen molar-refractivity contribution in [1.29, 1.82) is 0 Å². The lowest BCUT2D eigenvalue weighted by Gasteiger charge is -2.39. The lowest BCUT2D eigenvalue weighted by Crippen LogP contribution is -2.47. The van der Waals surface area contributed by atoms with Crippen LogP contribution in [0, 0.1) is 6.92 Å². The number of nitrogens with zero attached hydrogens (tertiary/aromatic N) is 2. The van der Waals surface area contributed by atoms with Gasteiger partial charge in [-0.2, -0.15) is 0 Å². The molecule has 0 unspecified atom stereocenters. The molecule has 4 nitrogen and oxygen atoms in total. The fraction of sp³-hybridized carbons (Fsp3) is 0.450. The smallest absolute Gasteiger partial charge is 0.137 e. The van der Waals surface area contributed by atoms with E-state index in [1.165, 1.54) is 0 Å². The summed E-state index contributed by atoms with van der Waals surface area (Å²) in [5, 5.41) is 0.732. The second-order valence-corrected chi connectivity index (χ2v) is 7.27. The standard InChI is InChI=1S/C20H25ClN2O2/c1-16-3-6-19(15-22-16)24-14-13-23-11-9-20(2,10-12-23)25-18-7-4-17(21)5-8-18/h3-8,15H,9-14H2,1-2H3. The summed E-state index contributed by atoms with van der Waals surface area (Å²) >= 11 is 5.93. The van der Waals surface area contributed by atoms with E-state index >= 15 is 0 Å². The summed E-state index contributed by atoms with van der Waals surface area (Å²) in [7, 11) is 0. The summed E-state index contributed by atoms with van der Waals surface area (Å²) in [5.41, 5.74) is 0.884. The molecule has 0 bridgehead atoms. The van der Waals surface area contributed by atoms with E-state index in [2.05, 4.69) is 16.8 Å². The number of pyridine rings is 1. The highest BCUT2D eigenvalue weighted by Crippen LogP contribution is 2.29. The highest BCUT2D eigenvalue weighted by molar-refractivity contribution is 6.30.